The molecule has 0 saturated carbocycles. The Labute approximate surface area is 239 Å². The van der Waals surface area contributed by atoms with Gasteiger partial charge in [-0.05, 0) is 60.7 Å². The van der Waals surface area contributed by atoms with Gasteiger partial charge in [-0.15, -0.1) is 0 Å². The van der Waals surface area contributed by atoms with E-state index in [0.717, 1.165) is 12.0 Å². The highest BCUT2D eigenvalue weighted by Crippen LogP contribution is 2.45. The van der Waals surface area contributed by atoms with Gasteiger partial charge in [-0.3, -0.25) is 0 Å². The molecule has 0 fully saturated rings. The standard InChI is InChI=1S/C32H31ClN2O5/c1-4-37-29-17-22(9-13-27(29)38-16-15-20(2)3)31-24-12-11-23(18-28(24)40-32(35)25(31)19-34)39-30(36)14-10-21-7-5-6-8-26(21)33/h5-14,17-18,20,31H,4,15-16,35H2,1-3H3/b14-10+. The molecule has 40 heavy (non-hydrogen) atoms. The predicted molar refractivity (Wildman–Crippen MR) is 154 cm³/mol. The monoisotopic (exact) mass is 558 g/mol. The zero-order valence-electron chi connectivity index (χ0n) is 22.6. The Morgan fingerprint density at radius 3 is 2.65 bits per heavy atom. The summed E-state index contributed by atoms with van der Waals surface area (Å²) in [7, 11) is 0. The summed E-state index contributed by atoms with van der Waals surface area (Å²) in [6.45, 7) is 7.21. The molecule has 1 heterocycles. The maximum absolute atomic E-state index is 12.5. The van der Waals surface area contributed by atoms with Crippen LogP contribution in [0.2, 0.25) is 5.02 Å². The van der Waals surface area contributed by atoms with Crippen molar-refractivity contribution >= 4 is 23.6 Å². The van der Waals surface area contributed by atoms with E-state index in [9.17, 15) is 10.1 Å². The predicted octanol–water partition coefficient (Wildman–Crippen LogP) is 7.00. The van der Waals surface area contributed by atoms with Gasteiger partial charge in [0, 0.05) is 22.7 Å². The maximum Gasteiger partial charge on any atom is 0.336 e. The lowest BCUT2D eigenvalue weighted by Gasteiger charge is -2.27. The van der Waals surface area contributed by atoms with E-state index in [1.54, 1.807) is 36.4 Å². The minimum absolute atomic E-state index is 0.0164. The van der Waals surface area contributed by atoms with Gasteiger partial charge in [0.05, 0.1) is 19.1 Å². The molecule has 3 aromatic carbocycles. The Morgan fingerprint density at radius 1 is 1.12 bits per heavy atom. The molecular weight excluding hydrogens is 528 g/mol. The topological polar surface area (TPSA) is 104 Å². The molecule has 0 aliphatic carbocycles. The third-order valence-electron chi connectivity index (χ3n) is 6.27. The molecule has 1 atom stereocenters. The smallest absolute Gasteiger partial charge is 0.336 e. The van der Waals surface area contributed by atoms with Crippen LogP contribution in [0.4, 0.5) is 0 Å². The Hall–Kier alpha value is -4.41. The van der Waals surface area contributed by atoms with Crippen LogP contribution in [0.25, 0.3) is 6.08 Å². The third-order valence-corrected chi connectivity index (χ3v) is 6.61. The first-order valence-corrected chi connectivity index (χ1v) is 13.4. The Bertz CT molecular complexity index is 1490. The number of benzene rings is 3. The minimum atomic E-state index is -0.581. The average molecular weight is 559 g/mol. The van der Waals surface area contributed by atoms with E-state index in [-0.39, 0.29) is 17.2 Å². The number of halogens is 1. The van der Waals surface area contributed by atoms with E-state index in [4.69, 9.17) is 36.3 Å². The Morgan fingerprint density at radius 2 is 1.93 bits per heavy atom. The quantitative estimate of drug-likeness (QED) is 0.162. The van der Waals surface area contributed by atoms with Gasteiger partial charge in [0.25, 0.3) is 0 Å². The summed E-state index contributed by atoms with van der Waals surface area (Å²) in [4.78, 5) is 12.5. The molecule has 0 aromatic heterocycles. The van der Waals surface area contributed by atoms with Crippen LogP contribution >= 0.6 is 11.6 Å². The summed E-state index contributed by atoms with van der Waals surface area (Å²) in [5.41, 5.74) is 8.64. The summed E-state index contributed by atoms with van der Waals surface area (Å²) < 4.78 is 23.1. The van der Waals surface area contributed by atoms with Gasteiger partial charge in [0.15, 0.2) is 11.5 Å². The van der Waals surface area contributed by atoms with Gasteiger partial charge < -0.3 is 24.7 Å². The molecule has 0 spiro atoms. The summed E-state index contributed by atoms with van der Waals surface area (Å²) in [6.07, 6.45) is 3.80. The molecule has 206 valence electrons. The van der Waals surface area contributed by atoms with Crippen LogP contribution in [0.3, 0.4) is 0 Å². The number of rotatable bonds is 10. The number of nitrogens with two attached hydrogens (primary N) is 1. The average Bonchev–Trinajstić information content (AvgIpc) is 2.92. The van der Waals surface area contributed by atoms with Crippen molar-refractivity contribution in [1.29, 1.82) is 5.26 Å². The second-order valence-electron chi connectivity index (χ2n) is 9.57. The third kappa shape index (κ3) is 6.77. The van der Waals surface area contributed by atoms with Gasteiger partial charge in [-0.2, -0.15) is 5.26 Å². The van der Waals surface area contributed by atoms with Gasteiger partial charge >= 0.3 is 5.97 Å². The van der Waals surface area contributed by atoms with Gasteiger partial charge in [-0.25, -0.2) is 4.79 Å². The zero-order chi connectivity index (χ0) is 28.6. The molecule has 1 aliphatic rings. The minimum Gasteiger partial charge on any atom is -0.490 e. The lowest BCUT2D eigenvalue weighted by molar-refractivity contribution is -0.128. The molecule has 2 N–H and O–H groups in total. The number of allylic oxidation sites excluding steroid dienone is 1. The summed E-state index contributed by atoms with van der Waals surface area (Å²) >= 11 is 6.14. The van der Waals surface area contributed by atoms with Gasteiger partial charge in [0.1, 0.15) is 23.1 Å². The van der Waals surface area contributed by atoms with Crippen molar-refractivity contribution < 1.29 is 23.7 Å². The van der Waals surface area contributed by atoms with E-state index in [2.05, 4.69) is 19.9 Å². The molecule has 0 saturated heterocycles. The summed E-state index contributed by atoms with van der Waals surface area (Å²) in [5, 5.41) is 10.5. The molecule has 0 bridgehead atoms. The molecular formula is C32H31ClN2O5. The molecule has 7 nitrogen and oxygen atoms in total. The molecule has 1 aliphatic heterocycles. The molecule has 8 heteroatoms. The fourth-order valence-corrected chi connectivity index (χ4v) is 4.46. The summed E-state index contributed by atoms with van der Waals surface area (Å²) in [6, 6.07) is 20.0. The normalized spacial score (nSPS) is 14.4. The SMILES string of the molecule is CCOc1cc(C2C(C#N)=C(N)Oc3cc(OC(=O)/C=C/c4ccccc4Cl)ccc32)ccc1OCCC(C)C. The second-order valence-corrected chi connectivity index (χ2v) is 9.98. The van der Waals surface area contributed by atoms with Crippen LogP contribution in [-0.2, 0) is 4.79 Å². The van der Waals surface area contributed by atoms with Crippen molar-refractivity contribution in [3.63, 3.8) is 0 Å². The van der Waals surface area contributed by atoms with Crippen molar-refractivity contribution in [2.75, 3.05) is 13.2 Å². The van der Waals surface area contributed by atoms with Crippen LogP contribution in [0.5, 0.6) is 23.0 Å². The van der Waals surface area contributed by atoms with Crippen LogP contribution in [-0.4, -0.2) is 19.2 Å². The lowest BCUT2D eigenvalue weighted by atomic mass is 9.83. The lowest BCUT2D eigenvalue weighted by Crippen LogP contribution is -2.21. The molecule has 1 unspecified atom stereocenters. The van der Waals surface area contributed by atoms with Gasteiger partial charge in [-0.1, -0.05) is 55.8 Å². The second kappa shape index (κ2) is 13.1. The van der Waals surface area contributed by atoms with Crippen LogP contribution in [0.1, 0.15) is 49.8 Å². The number of nitrogens with zero attached hydrogens (tertiary/aromatic N) is 1. The van der Waals surface area contributed by atoms with Crippen molar-refractivity contribution in [2.24, 2.45) is 11.7 Å². The number of nitriles is 1. The first-order valence-electron chi connectivity index (χ1n) is 13.1. The van der Waals surface area contributed by atoms with E-state index < -0.39 is 11.9 Å². The first-order chi connectivity index (χ1) is 19.3. The van der Waals surface area contributed by atoms with Crippen molar-refractivity contribution in [1.82, 2.24) is 0 Å². The maximum atomic E-state index is 12.5. The number of carbonyl (C=O) groups is 1. The first kappa shape index (κ1) is 28.6. The Balaban J connectivity index is 1.61. The van der Waals surface area contributed by atoms with Crippen molar-refractivity contribution in [3.05, 3.63) is 99.9 Å². The molecule has 0 radical (unpaired) electrons. The van der Waals surface area contributed by atoms with E-state index in [1.807, 2.05) is 37.3 Å². The number of carbonyl (C=O) groups excluding carboxylic acids is 1. The zero-order valence-corrected chi connectivity index (χ0v) is 23.4. The summed E-state index contributed by atoms with van der Waals surface area (Å²) in [5.74, 6) is 1.29. The van der Waals surface area contributed by atoms with Gasteiger partial charge in [0.2, 0.25) is 5.88 Å². The van der Waals surface area contributed by atoms with Crippen molar-refractivity contribution in [3.8, 4) is 29.1 Å². The van der Waals surface area contributed by atoms with Crippen LogP contribution < -0.4 is 24.7 Å². The number of ether oxygens (including phenoxy) is 4. The fourth-order valence-electron chi connectivity index (χ4n) is 4.26. The number of esters is 1. The molecule has 4 rings (SSSR count). The number of hydrogen-bond acceptors (Lipinski definition) is 7. The van der Waals surface area contributed by atoms with Crippen LogP contribution in [0.15, 0.2) is 78.2 Å². The number of hydrogen-bond donors (Lipinski definition) is 1. The highest BCUT2D eigenvalue weighted by Gasteiger charge is 2.31. The molecule has 0 amide bonds. The van der Waals surface area contributed by atoms with Crippen LogP contribution in [0, 0.1) is 17.2 Å². The Kier molecular flexibility index (Phi) is 9.36. The molecule has 3 aromatic rings. The highest BCUT2D eigenvalue weighted by molar-refractivity contribution is 6.32. The van der Waals surface area contributed by atoms with Crippen molar-refractivity contribution in [2.45, 2.75) is 33.1 Å². The largest absolute Gasteiger partial charge is 0.490 e. The van der Waals surface area contributed by atoms with E-state index in [1.165, 1.54) is 6.08 Å². The van der Waals surface area contributed by atoms with E-state index in [0.29, 0.717) is 52.5 Å². The highest BCUT2D eigenvalue weighted by atomic mass is 35.5. The fraction of sp³-hybridized carbons (Fsp3) is 0.250. The van der Waals surface area contributed by atoms with E-state index >= 15 is 0 Å². The number of fused-ring (bicyclic) bond motifs is 1.